The Morgan fingerprint density at radius 2 is 1.38 bits per heavy atom. The Kier molecular flexibility index (Phi) is 5.03. The lowest BCUT2D eigenvalue weighted by Crippen LogP contribution is -2.20. The molecule has 0 aromatic heterocycles. The Labute approximate surface area is 176 Å². The molecule has 1 aliphatic heterocycles. The molecule has 0 atom stereocenters. The van der Waals surface area contributed by atoms with E-state index < -0.39 is 0 Å². The van der Waals surface area contributed by atoms with Crippen molar-refractivity contribution in [3.63, 3.8) is 0 Å². The second-order valence-corrected chi connectivity index (χ2v) is 9.66. The minimum atomic E-state index is 0.365. The average Bonchev–Trinajstić information content (AvgIpc) is 3.15. The summed E-state index contributed by atoms with van der Waals surface area (Å²) in [5.41, 5.74) is 8.07. The van der Waals surface area contributed by atoms with E-state index in [0.29, 0.717) is 17.3 Å². The number of hydrogen-bond donors (Lipinski definition) is 0. The van der Waals surface area contributed by atoms with Gasteiger partial charge in [-0.15, -0.1) is 0 Å². The van der Waals surface area contributed by atoms with Gasteiger partial charge >= 0.3 is 0 Å². The number of hydrogen-bond acceptors (Lipinski definition) is 0. The molecule has 1 fully saturated rings. The Morgan fingerprint density at radius 1 is 0.759 bits per heavy atom. The molecule has 0 unspecified atom stereocenters. The van der Waals surface area contributed by atoms with E-state index in [9.17, 15) is 0 Å². The van der Waals surface area contributed by atoms with E-state index in [0.717, 1.165) is 6.42 Å². The van der Waals surface area contributed by atoms with Gasteiger partial charge in [0.25, 0.3) is 0 Å². The number of allylic oxidation sites excluding steroid dienone is 2. The van der Waals surface area contributed by atoms with Crippen LogP contribution in [0.25, 0.3) is 16.7 Å². The highest BCUT2D eigenvalue weighted by molar-refractivity contribution is 6.89. The Hall–Kier alpha value is -2.54. The molecule has 0 aliphatic carbocycles. The maximum absolute atomic E-state index is 2.41. The van der Waals surface area contributed by atoms with Gasteiger partial charge in [0.05, 0.1) is 0 Å². The van der Waals surface area contributed by atoms with Crippen LogP contribution >= 0.6 is 0 Å². The smallest absolute Gasteiger partial charge is 0.0783 e. The second-order valence-electron chi connectivity index (χ2n) is 9.66. The van der Waals surface area contributed by atoms with E-state index in [1.54, 1.807) is 0 Å². The van der Waals surface area contributed by atoms with Gasteiger partial charge in [-0.3, -0.25) is 0 Å². The van der Waals surface area contributed by atoms with Crippen molar-refractivity contribution >= 4 is 17.7 Å². The van der Waals surface area contributed by atoms with Crippen molar-refractivity contribution in [2.75, 3.05) is 0 Å². The lowest BCUT2D eigenvalue weighted by Gasteiger charge is -2.09. The first-order chi connectivity index (χ1) is 13.8. The van der Waals surface area contributed by atoms with Crippen LogP contribution in [-0.2, 0) is 6.42 Å². The zero-order valence-corrected chi connectivity index (χ0v) is 18.4. The van der Waals surface area contributed by atoms with Crippen molar-refractivity contribution in [1.29, 1.82) is 0 Å². The summed E-state index contributed by atoms with van der Waals surface area (Å²) in [5, 5.41) is 0.731. The molecule has 0 bridgehead atoms. The molecular weight excluding hydrogens is 347 g/mol. The van der Waals surface area contributed by atoms with E-state index in [2.05, 4.69) is 120 Å². The fourth-order valence-electron chi connectivity index (χ4n) is 4.87. The third-order valence-electron chi connectivity index (χ3n) is 7.38. The van der Waals surface area contributed by atoms with Crippen molar-refractivity contribution in [1.82, 2.24) is 0 Å². The number of rotatable bonds is 5. The zero-order valence-electron chi connectivity index (χ0n) is 18.4. The van der Waals surface area contributed by atoms with E-state index in [4.69, 9.17) is 0 Å². The van der Waals surface area contributed by atoms with Crippen molar-refractivity contribution in [2.24, 2.45) is 0 Å². The molecule has 0 radical (unpaired) electrons. The molecule has 29 heavy (non-hydrogen) atoms. The average molecular weight is 378 g/mol. The van der Waals surface area contributed by atoms with Crippen molar-refractivity contribution in [3.8, 4) is 11.1 Å². The first kappa shape index (κ1) is 19.8. The third kappa shape index (κ3) is 3.71. The van der Waals surface area contributed by atoms with E-state index >= 15 is 0 Å². The largest absolute Gasteiger partial charge is 0.187 e. The van der Waals surface area contributed by atoms with Gasteiger partial charge in [-0.05, 0) is 47.2 Å². The highest BCUT2D eigenvalue weighted by atomic mass is 14.5. The van der Waals surface area contributed by atoms with Crippen LogP contribution in [0, 0.1) is 0 Å². The topological polar surface area (TPSA) is 0 Å². The van der Waals surface area contributed by atoms with E-state index in [-0.39, 0.29) is 0 Å². The van der Waals surface area contributed by atoms with Crippen LogP contribution in [0.5, 0.6) is 0 Å². The van der Waals surface area contributed by atoms with Crippen LogP contribution in [0.1, 0.15) is 45.7 Å². The summed E-state index contributed by atoms with van der Waals surface area (Å²) < 4.78 is 0. The van der Waals surface area contributed by atoms with Crippen molar-refractivity contribution in [2.45, 2.75) is 51.7 Å². The van der Waals surface area contributed by atoms with E-state index in [1.807, 2.05) is 0 Å². The molecule has 0 amide bonds. The molecule has 146 valence electrons. The highest BCUT2D eigenvalue weighted by Crippen LogP contribution is 2.73. The van der Waals surface area contributed by atoms with Crippen molar-refractivity contribution < 1.29 is 0 Å². The Balaban J connectivity index is 1.59. The molecule has 0 nitrogen and oxygen atoms in total. The first-order valence-electron chi connectivity index (χ1n) is 10.7. The molecule has 0 saturated carbocycles. The van der Waals surface area contributed by atoms with Gasteiger partial charge in [-0.25, -0.2) is 0 Å². The van der Waals surface area contributed by atoms with Crippen LogP contribution in [0.3, 0.4) is 0 Å². The SMILES string of the molecule is C/C(=C\Cc1ccccc1)c1cccc(-c2cccc(B3C(C)(C)C3(C)C)c2)c1. The minimum absolute atomic E-state index is 0.365. The Morgan fingerprint density at radius 3 is 2.03 bits per heavy atom. The second kappa shape index (κ2) is 7.37. The maximum atomic E-state index is 2.41. The molecule has 1 saturated heterocycles. The number of benzene rings is 3. The summed E-state index contributed by atoms with van der Waals surface area (Å²) in [5.74, 6) is 0. The van der Waals surface area contributed by atoms with Crippen LogP contribution in [0.2, 0.25) is 10.6 Å². The van der Waals surface area contributed by atoms with Gasteiger partial charge in [-0.2, -0.15) is 0 Å². The lowest BCUT2D eigenvalue weighted by atomic mass is 9.53. The predicted octanol–water partition coefficient (Wildman–Crippen LogP) is 7.28. The normalized spacial score (nSPS) is 17.3. The molecule has 1 aliphatic rings. The van der Waals surface area contributed by atoms with Crippen LogP contribution in [-0.4, -0.2) is 6.71 Å². The van der Waals surface area contributed by atoms with Gasteiger partial charge in [0.2, 0.25) is 0 Å². The van der Waals surface area contributed by atoms with E-state index in [1.165, 1.54) is 33.3 Å². The summed E-state index contributed by atoms with van der Waals surface area (Å²) in [4.78, 5) is 0. The summed E-state index contributed by atoms with van der Waals surface area (Å²) in [6.07, 6.45) is 3.30. The Bertz CT molecular complexity index is 1030. The minimum Gasteiger partial charge on any atom is -0.0783 e. The van der Waals surface area contributed by atoms with Gasteiger partial charge < -0.3 is 0 Å². The highest BCUT2D eigenvalue weighted by Gasteiger charge is 2.67. The molecule has 0 spiro atoms. The first-order valence-corrected chi connectivity index (χ1v) is 10.7. The van der Waals surface area contributed by atoms with Crippen LogP contribution in [0.4, 0.5) is 0 Å². The quantitative estimate of drug-likeness (QED) is 0.409. The van der Waals surface area contributed by atoms with Gasteiger partial charge in [0.15, 0.2) is 6.71 Å². The van der Waals surface area contributed by atoms with Crippen LogP contribution < -0.4 is 5.46 Å². The van der Waals surface area contributed by atoms with Gasteiger partial charge in [0, 0.05) is 0 Å². The fraction of sp³-hybridized carbons (Fsp3) is 0.286. The molecule has 1 heterocycles. The molecule has 3 aromatic rings. The molecule has 4 rings (SSSR count). The summed E-state index contributed by atoms with van der Waals surface area (Å²) >= 11 is 0. The molecular formula is C28H31B. The fourth-order valence-corrected chi connectivity index (χ4v) is 4.87. The summed E-state index contributed by atoms with van der Waals surface area (Å²) in [6.45, 7) is 12.4. The predicted molar refractivity (Wildman–Crippen MR) is 129 cm³/mol. The van der Waals surface area contributed by atoms with Crippen LogP contribution in [0.15, 0.2) is 84.9 Å². The lowest BCUT2D eigenvalue weighted by molar-refractivity contribution is 0.628. The standard InChI is InChI=1S/C28H31B/c1-21(17-18-22-11-7-6-8-12-22)23-13-9-14-24(19-23)25-15-10-16-26(20-25)29-27(2,3)28(29,4)5/h6-17,19-20H,18H2,1-5H3/b21-17+. The van der Waals surface area contributed by atoms with Gasteiger partial charge in [0.1, 0.15) is 0 Å². The summed E-state index contributed by atoms with van der Waals surface area (Å²) in [6, 6.07) is 28.8. The monoisotopic (exact) mass is 378 g/mol. The zero-order chi connectivity index (χ0) is 20.6. The maximum Gasteiger partial charge on any atom is 0.187 e. The van der Waals surface area contributed by atoms with Crippen molar-refractivity contribution in [3.05, 3.63) is 96.1 Å². The molecule has 1 heteroatoms. The summed E-state index contributed by atoms with van der Waals surface area (Å²) in [7, 11) is 0. The molecule has 3 aromatic carbocycles. The third-order valence-corrected chi connectivity index (χ3v) is 7.38. The van der Waals surface area contributed by atoms with Gasteiger partial charge in [-0.1, -0.05) is 123 Å². The molecule has 0 N–H and O–H groups in total.